The molecule has 0 fully saturated rings. The van der Waals surface area contributed by atoms with Gasteiger partial charge in [0.15, 0.2) is 0 Å². The van der Waals surface area contributed by atoms with E-state index in [1.165, 1.54) is 23.5 Å². The van der Waals surface area contributed by atoms with Crippen LogP contribution in [0.25, 0.3) is 10.1 Å². The number of amides is 1. The Bertz CT molecular complexity index is 550. The van der Waals surface area contributed by atoms with Gasteiger partial charge in [0.2, 0.25) is 0 Å². The van der Waals surface area contributed by atoms with Crippen molar-refractivity contribution in [3.63, 3.8) is 0 Å². The number of benzene rings is 1. The number of carbonyl (C=O) groups excluding carboxylic acids is 1. The smallest absolute Gasteiger partial charge is 0.261 e. The van der Waals surface area contributed by atoms with E-state index in [1.807, 2.05) is 0 Å². The second-order valence-electron chi connectivity index (χ2n) is 3.82. The van der Waals surface area contributed by atoms with Crippen LogP contribution in [0.1, 0.15) is 16.6 Å². The largest absolute Gasteiger partial charge is 0.392 e. The van der Waals surface area contributed by atoms with E-state index < -0.39 is 6.10 Å². The van der Waals surface area contributed by atoms with Crippen LogP contribution in [0.4, 0.5) is 4.39 Å². The summed E-state index contributed by atoms with van der Waals surface area (Å²) in [5.41, 5.74) is 0. The molecule has 17 heavy (non-hydrogen) atoms. The molecule has 5 heteroatoms. The highest BCUT2D eigenvalue weighted by Crippen LogP contribution is 2.27. The highest BCUT2D eigenvalue weighted by atomic mass is 32.1. The van der Waals surface area contributed by atoms with E-state index in [0.29, 0.717) is 10.3 Å². The topological polar surface area (TPSA) is 49.3 Å². The van der Waals surface area contributed by atoms with Crippen molar-refractivity contribution in [1.82, 2.24) is 5.32 Å². The fourth-order valence-corrected chi connectivity index (χ4v) is 2.46. The molecule has 0 saturated heterocycles. The molecule has 1 aromatic carbocycles. The zero-order valence-corrected chi connectivity index (χ0v) is 10.1. The molecular weight excluding hydrogens is 241 g/mol. The van der Waals surface area contributed by atoms with Gasteiger partial charge in [-0.05, 0) is 25.1 Å². The van der Waals surface area contributed by atoms with Crippen LogP contribution in [0.5, 0.6) is 0 Å². The number of hydrogen-bond donors (Lipinski definition) is 2. The van der Waals surface area contributed by atoms with Crippen molar-refractivity contribution in [1.29, 1.82) is 0 Å². The van der Waals surface area contributed by atoms with Crippen molar-refractivity contribution in [2.75, 3.05) is 6.54 Å². The fourth-order valence-electron chi connectivity index (χ4n) is 1.46. The predicted molar refractivity (Wildman–Crippen MR) is 65.8 cm³/mol. The summed E-state index contributed by atoms with van der Waals surface area (Å²) in [6, 6.07) is 6.29. The quantitative estimate of drug-likeness (QED) is 0.880. The third kappa shape index (κ3) is 2.62. The lowest BCUT2D eigenvalue weighted by atomic mass is 10.2. The van der Waals surface area contributed by atoms with Crippen LogP contribution >= 0.6 is 11.3 Å². The minimum atomic E-state index is -0.593. The summed E-state index contributed by atoms with van der Waals surface area (Å²) < 4.78 is 14.2. The molecule has 2 N–H and O–H groups in total. The molecule has 0 aliphatic carbocycles. The Balaban J connectivity index is 2.24. The molecule has 0 aliphatic heterocycles. The average molecular weight is 253 g/mol. The van der Waals surface area contributed by atoms with E-state index in [0.717, 1.165) is 4.70 Å². The lowest BCUT2D eigenvalue weighted by Crippen LogP contribution is -2.29. The highest BCUT2D eigenvalue weighted by Gasteiger charge is 2.12. The lowest BCUT2D eigenvalue weighted by Gasteiger charge is -2.04. The molecular formula is C12H12FNO2S. The Morgan fingerprint density at radius 3 is 3.00 bits per heavy atom. The van der Waals surface area contributed by atoms with Gasteiger partial charge in [0.1, 0.15) is 5.82 Å². The van der Waals surface area contributed by atoms with Crippen molar-refractivity contribution < 1.29 is 14.3 Å². The first kappa shape index (κ1) is 12.0. The Kier molecular flexibility index (Phi) is 3.40. The van der Waals surface area contributed by atoms with Gasteiger partial charge in [0.05, 0.1) is 11.0 Å². The molecule has 0 saturated carbocycles. The van der Waals surface area contributed by atoms with Crippen molar-refractivity contribution >= 4 is 27.3 Å². The molecule has 1 heterocycles. The number of carbonyl (C=O) groups is 1. The maximum atomic E-state index is 13.4. The summed E-state index contributed by atoms with van der Waals surface area (Å²) in [5, 5.41) is 12.1. The van der Waals surface area contributed by atoms with Crippen LogP contribution in [0.3, 0.4) is 0 Å². The molecule has 0 bridgehead atoms. The van der Waals surface area contributed by atoms with E-state index in [-0.39, 0.29) is 18.3 Å². The maximum absolute atomic E-state index is 13.4. The predicted octanol–water partition coefficient (Wildman–Crippen LogP) is 2.15. The molecule has 1 aromatic heterocycles. The number of thiophene rings is 1. The zero-order chi connectivity index (χ0) is 12.4. The molecule has 0 aliphatic rings. The number of rotatable bonds is 3. The van der Waals surface area contributed by atoms with Crippen LogP contribution in [-0.4, -0.2) is 23.7 Å². The van der Waals surface area contributed by atoms with Gasteiger partial charge in [-0.2, -0.15) is 0 Å². The summed E-state index contributed by atoms with van der Waals surface area (Å²) in [6.07, 6.45) is -0.593. The first-order valence-corrected chi connectivity index (χ1v) is 6.04. The Hall–Kier alpha value is -1.46. The van der Waals surface area contributed by atoms with Gasteiger partial charge in [-0.15, -0.1) is 11.3 Å². The van der Waals surface area contributed by atoms with Gasteiger partial charge in [-0.1, -0.05) is 6.07 Å². The molecule has 2 rings (SSSR count). The van der Waals surface area contributed by atoms with Gasteiger partial charge in [-0.3, -0.25) is 4.79 Å². The number of nitrogens with one attached hydrogen (secondary N) is 1. The summed E-state index contributed by atoms with van der Waals surface area (Å²) in [6.45, 7) is 1.78. The Labute approximate surface area is 102 Å². The zero-order valence-electron chi connectivity index (χ0n) is 9.24. The van der Waals surface area contributed by atoms with Gasteiger partial charge in [0, 0.05) is 16.6 Å². The van der Waals surface area contributed by atoms with E-state index >= 15 is 0 Å². The van der Waals surface area contributed by atoms with Crippen LogP contribution in [0, 0.1) is 5.82 Å². The summed E-state index contributed by atoms with van der Waals surface area (Å²) in [5.74, 6) is -0.611. The van der Waals surface area contributed by atoms with Crippen LogP contribution < -0.4 is 5.32 Å². The SMILES string of the molecule is CC(O)CNC(=O)c1cc2c(F)cccc2s1. The summed E-state index contributed by atoms with van der Waals surface area (Å²) >= 11 is 1.24. The van der Waals surface area contributed by atoms with Crippen molar-refractivity contribution in [2.45, 2.75) is 13.0 Å². The molecule has 2 aromatic rings. The highest BCUT2D eigenvalue weighted by molar-refractivity contribution is 7.20. The molecule has 90 valence electrons. The second-order valence-corrected chi connectivity index (χ2v) is 4.91. The van der Waals surface area contributed by atoms with Crippen LogP contribution in [0.2, 0.25) is 0 Å². The average Bonchev–Trinajstić information content (AvgIpc) is 2.71. The van der Waals surface area contributed by atoms with Gasteiger partial charge in [-0.25, -0.2) is 4.39 Å². The first-order chi connectivity index (χ1) is 8.08. The molecule has 0 spiro atoms. The molecule has 3 nitrogen and oxygen atoms in total. The molecule has 1 amide bonds. The molecule has 1 atom stereocenters. The Morgan fingerprint density at radius 2 is 2.35 bits per heavy atom. The van der Waals surface area contributed by atoms with Crippen LogP contribution in [0.15, 0.2) is 24.3 Å². The third-order valence-corrected chi connectivity index (χ3v) is 3.39. The van der Waals surface area contributed by atoms with Gasteiger partial charge < -0.3 is 10.4 Å². The van der Waals surface area contributed by atoms with E-state index in [1.54, 1.807) is 19.1 Å². The minimum absolute atomic E-state index is 0.190. The number of fused-ring (bicyclic) bond motifs is 1. The second kappa shape index (κ2) is 4.81. The van der Waals surface area contributed by atoms with Crippen molar-refractivity contribution in [2.24, 2.45) is 0 Å². The minimum Gasteiger partial charge on any atom is -0.392 e. The van der Waals surface area contributed by atoms with Crippen molar-refractivity contribution in [3.05, 3.63) is 35.0 Å². The van der Waals surface area contributed by atoms with E-state index in [2.05, 4.69) is 5.32 Å². The number of aliphatic hydroxyl groups excluding tert-OH is 1. The monoisotopic (exact) mass is 253 g/mol. The van der Waals surface area contributed by atoms with Gasteiger partial charge >= 0.3 is 0 Å². The fraction of sp³-hybridized carbons (Fsp3) is 0.250. The maximum Gasteiger partial charge on any atom is 0.261 e. The van der Waals surface area contributed by atoms with Gasteiger partial charge in [0.25, 0.3) is 5.91 Å². The van der Waals surface area contributed by atoms with E-state index in [9.17, 15) is 9.18 Å². The third-order valence-electron chi connectivity index (χ3n) is 2.29. The lowest BCUT2D eigenvalue weighted by molar-refractivity contribution is 0.0928. The standard InChI is InChI=1S/C12H12FNO2S/c1-7(15)6-14-12(16)11-5-8-9(13)3-2-4-10(8)17-11/h2-5,7,15H,6H2,1H3,(H,14,16). The number of hydrogen-bond acceptors (Lipinski definition) is 3. The summed E-state index contributed by atoms with van der Waals surface area (Å²) in [7, 11) is 0. The normalized spacial score (nSPS) is 12.6. The Morgan fingerprint density at radius 1 is 1.59 bits per heavy atom. The first-order valence-electron chi connectivity index (χ1n) is 5.22. The van der Waals surface area contributed by atoms with E-state index in [4.69, 9.17) is 5.11 Å². The number of aliphatic hydroxyl groups is 1. The summed E-state index contributed by atoms with van der Waals surface area (Å²) in [4.78, 5) is 12.1. The van der Waals surface area contributed by atoms with Crippen LogP contribution in [-0.2, 0) is 0 Å². The van der Waals surface area contributed by atoms with Crippen molar-refractivity contribution in [3.8, 4) is 0 Å². The molecule has 1 unspecified atom stereocenters. The molecule has 0 radical (unpaired) electrons. The number of halogens is 1.